The van der Waals surface area contributed by atoms with Gasteiger partial charge in [-0.15, -0.1) is 0 Å². The maximum atomic E-state index is 11.8. The van der Waals surface area contributed by atoms with E-state index in [4.69, 9.17) is 0 Å². The summed E-state index contributed by atoms with van der Waals surface area (Å²) in [7, 11) is -3.07. The lowest BCUT2D eigenvalue weighted by atomic mass is 9.61. The summed E-state index contributed by atoms with van der Waals surface area (Å²) in [6.45, 7) is 13.0. The Hall–Kier alpha value is -0.990. The molecule has 3 saturated carbocycles. The van der Waals surface area contributed by atoms with Gasteiger partial charge in [-0.3, -0.25) is 0 Å². The molecule has 35 heavy (non-hydrogen) atoms. The van der Waals surface area contributed by atoms with Crippen LogP contribution in [0.1, 0.15) is 65.2 Å². The molecule has 4 fully saturated rings. The van der Waals surface area contributed by atoms with Crippen molar-refractivity contribution in [3.63, 3.8) is 0 Å². The molecule has 0 aromatic heterocycles. The number of piperazine rings is 1. The minimum Gasteiger partial charge on any atom is -0.393 e. The van der Waals surface area contributed by atoms with E-state index in [0.717, 1.165) is 43.1 Å². The number of aliphatic hydroxyl groups excluding tert-OH is 2. The normalized spacial score (nSPS) is 38.7. The van der Waals surface area contributed by atoms with Crippen LogP contribution in [0.4, 0.5) is 0 Å². The smallest absolute Gasteiger partial charge is 0.211 e. The van der Waals surface area contributed by atoms with Crippen LogP contribution in [-0.2, 0) is 10.0 Å². The second kappa shape index (κ2) is 10.8. The van der Waals surface area contributed by atoms with Crippen molar-refractivity contribution in [1.29, 1.82) is 0 Å². The Morgan fingerprint density at radius 1 is 1.17 bits per heavy atom. The van der Waals surface area contributed by atoms with E-state index in [-0.39, 0.29) is 0 Å². The second-order valence-electron chi connectivity index (χ2n) is 11.9. The lowest BCUT2D eigenvalue weighted by Crippen LogP contribution is -2.48. The molecule has 7 heteroatoms. The van der Waals surface area contributed by atoms with Crippen molar-refractivity contribution in [2.45, 2.75) is 77.4 Å². The van der Waals surface area contributed by atoms with Crippen LogP contribution in [0.25, 0.3) is 0 Å². The van der Waals surface area contributed by atoms with Crippen molar-refractivity contribution in [2.24, 2.45) is 23.2 Å². The molecule has 4 aliphatic rings. The van der Waals surface area contributed by atoms with E-state index in [1.807, 2.05) is 0 Å². The summed E-state index contributed by atoms with van der Waals surface area (Å²) in [6, 6.07) is 0. The fourth-order valence-electron chi connectivity index (χ4n) is 7.55. The van der Waals surface area contributed by atoms with Crippen LogP contribution in [0.2, 0.25) is 0 Å². The predicted molar refractivity (Wildman–Crippen MR) is 141 cm³/mol. The molecule has 0 bridgehead atoms. The zero-order valence-electron chi connectivity index (χ0n) is 22.0. The van der Waals surface area contributed by atoms with Crippen molar-refractivity contribution in [2.75, 3.05) is 39.0 Å². The maximum absolute atomic E-state index is 11.8. The first kappa shape index (κ1) is 27.1. The van der Waals surface area contributed by atoms with Crippen LogP contribution in [0.5, 0.6) is 0 Å². The van der Waals surface area contributed by atoms with Crippen molar-refractivity contribution in [3.05, 3.63) is 35.5 Å². The average Bonchev–Trinajstić information content (AvgIpc) is 3.16. The molecule has 1 aliphatic heterocycles. The molecular weight excluding hydrogens is 460 g/mol. The van der Waals surface area contributed by atoms with E-state index in [2.05, 4.69) is 37.5 Å². The van der Waals surface area contributed by atoms with Gasteiger partial charge in [-0.25, -0.2) is 8.42 Å². The average molecular weight is 507 g/mol. The number of allylic oxidation sites excluding steroid dienone is 3. The van der Waals surface area contributed by atoms with E-state index in [1.165, 1.54) is 38.4 Å². The lowest BCUT2D eigenvalue weighted by Gasteiger charge is -2.45. The largest absolute Gasteiger partial charge is 0.393 e. The maximum Gasteiger partial charge on any atom is 0.211 e. The predicted octanol–water partition coefficient (Wildman–Crippen LogP) is 3.73. The van der Waals surface area contributed by atoms with Crippen molar-refractivity contribution in [3.8, 4) is 0 Å². The van der Waals surface area contributed by atoms with Gasteiger partial charge in [0.25, 0.3) is 0 Å². The van der Waals surface area contributed by atoms with Gasteiger partial charge >= 0.3 is 0 Å². The second-order valence-corrected chi connectivity index (χ2v) is 13.9. The van der Waals surface area contributed by atoms with Gasteiger partial charge in [-0.2, -0.15) is 4.31 Å². The molecule has 0 radical (unpaired) electrons. The lowest BCUT2D eigenvalue weighted by molar-refractivity contribution is 0.0848. The Kier molecular flexibility index (Phi) is 8.33. The third-order valence-electron chi connectivity index (χ3n) is 9.69. The molecule has 6 nitrogen and oxygen atoms in total. The van der Waals surface area contributed by atoms with Crippen LogP contribution in [0.3, 0.4) is 0 Å². The summed E-state index contributed by atoms with van der Waals surface area (Å²) in [5, 5.41) is 20.3. The van der Waals surface area contributed by atoms with Crippen LogP contribution in [0, 0.1) is 23.2 Å². The van der Waals surface area contributed by atoms with Crippen LogP contribution >= 0.6 is 0 Å². The molecule has 1 heterocycles. The summed E-state index contributed by atoms with van der Waals surface area (Å²) in [5.41, 5.74) is 3.63. The topological polar surface area (TPSA) is 81.1 Å². The first-order valence-electron chi connectivity index (χ1n) is 13.6. The van der Waals surface area contributed by atoms with Crippen molar-refractivity contribution < 1.29 is 18.6 Å². The standard InChI is InChI=1S/C28H46N2O4S/c1-20(11-13-29-14-16-30(17-15-29)35(4,33)34)25-9-10-26-22(6-5-12-28(25,26)3)7-8-23-18-24(31)19-27(32)21(23)2/h7-8,20,24-27,31-32H,2,5-6,9-19H2,1,3-4H3/b22-7+,23-8-/t20-,24-,25-,26+,27+,28-/m1/s1. The summed E-state index contributed by atoms with van der Waals surface area (Å²) < 4.78 is 25.2. The fraction of sp³-hybridized carbons (Fsp3) is 0.786. The minimum atomic E-state index is -3.07. The number of hydrogen-bond acceptors (Lipinski definition) is 5. The van der Waals surface area contributed by atoms with Gasteiger partial charge in [0, 0.05) is 32.6 Å². The SMILES string of the molecule is C=C1/C(=C\C=C2/CCC[C@]3(C)[C@@H]([C@H](C)CCN4CCN(S(C)(=O)=O)CC4)CC[C@@H]23)C[C@@H](O)C[C@@H]1O. The Morgan fingerprint density at radius 2 is 1.89 bits per heavy atom. The van der Waals surface area contributed by atoms with Gasteiger partial charge < -0.3 is 15.1 Å². The summed E-state index contributed by atoms with van der Waals surface area (Å²) in [5.74, 6) is 1.99. The number of aliphatic hydroxyl groups is 2. The highest BCUT2D eigenvalue weighted by molar-refractivity contribution is 7.88. The third-order valence-corrected chi connectivity index (χ3v) is 11.0. The Labute approximate surface area is 212 Å². The van der Waals surface area contributed by atoms with E-state index >= 15 is 0 Å². The third kappa shape index (κ3) is 5.96. The summed E-state index contributed by atoms with van der Waals surface area (Å²) in [4.78, 5) is 2.44. The van der Waals surface area contributed by atoms with E-state index < -0.39 is 22.2 Å². The Bertz CT molecular complexity index is 950. The number of fused-ring (bicyclic) bond motifs is 1. The van der Waals surface area contributed by atoms with Crippen LogP contribution in [0.15, 0.2) is 35.5 Å². The molecule has 3 aliphatic carbocycles. The Morgan fingerprint density at radius 3 is 2.57 bits per heavy atom. The summed E-state index contributed by atoms with van der Waals surface area (Å²) in [6.07, 6.45) is 12.9. The van der Waals surface area contributed by atoms with E-state index in [1.54, 1.807) is 9.88 Å². The van der Waals surface area contributed by atoms with Gasteiger partial charge in [-0.05, 0) is 85.8 Å². The van der Waals surface area contributed by atoms with Gasteiger partial charge in [0.15, 0.2) is 0 Å². The number of hydrogen-bond donors (Lipinski definition) is 2. The minimum absolute atomic E-state index is 0.333. The molecule has 0 unspecified atom stereocenters. The molecular formula is C28H46N2O4S. The molecule has 198 valence electrons. The van der Waals surface area contributed by atoms with E-state index in [9.17, 15) is 18.6 Å². The van der Waals surface area contributed by atoms with Gasteiger partial charge in [0.1, 0.15) is 0 Å². The zero-order valence-corrected chi connectivity index (χ0v) is 22.8. The van der Waals surface area contributed by atoms with Crippen molar-refractivity contribution >= 4 is 10.0 Å². The fourth-order valence-corrected chi connectivity index (χ4v) is 8.38. The number of sulfonamides is 1. The van der Waals surface area contributed by atoms with Gasteiger partial charge in [0.05, 0.1) is 18.5 Å². The Balaban J connectivity index is 1.37. The number of rotatable bonds is 6. The first-order valence-corrected chi connectivity index (χ1v) is 15.5. The molecule has 0 amide bonds. The summed E-state index contributed by atoms with van der Waals surface area (Å²) >= 11 is 0. The highest BCUT2D eigenvalue weighted by Crippen LogP contribution is 2.59. The first-order chi connectivity index (χ1) is 16.5. The highest BCUT2D eigenvalue weighted by atomic mass is 32.2. The molecule has 0 spiro atoms. The monoisotopic (exact) mass is 506 g/mol. The van der Waals surface area contributed by atoms with E-state index in [0.29, 0.717) is 43.2 Å². The highest BCUT2D eigenvalue weighted by Gasteiger charge is 2.50. The molecule has 0 aromatic carbocycles. The van der Waals surface area contributed by atoms with Crippen molar-refractivity contribution in [1.82, 2.24) is 9.21 Å². The molecule has 2 N–H and O–H groups in total. The quantitative estimate of drug-likeness (QED) is 0.574. The molecule has 6 atom stereocenters. The molecule has 1 saturated heterocycles. The zero-order chi connectivity index (χ0) is 25.4. The van der Waals surface area contributed by atoms with Crippen LogP contribution < -0.4 is 0 Å². The van der Waals surface area contributed by atoms with Gasteiger partial charge in [-0.1, -0.05) is 38.2 Å². The molecule has 4 rings (SSSR count). The van der Waals surface area contributed by atoms with Gasteiger partial charge in [0.2, 0.25) is 10.0 Å². The van der Waals surface area contributed by atoms with Crippen LogP contribution in [-0.4, -0.2) is 79.0 Å². The number of nitrogens with zero attached hydrogens (tertiary/aromatic N) is 2. The molecule has 0 aromatic rings.